The molecular weight excluding hydrogens is 417 g/mol. The molecule has 1 amide bonds. The Kier molecular flexibility index (Phi) is 7.45. The number of hydrogen-bond donors (Lipinski definition) is 1. The molecule has 3 aromatic heterocycles. The van der Waals surface area contributed by atoms with E-state index in [0.717, 1.165) is 53.2 Å². The van der Waals surface area contributed by atoms with E-state index in [2.05, 4.69) is 10.4 Å². The van der Waals surface area contributed by atoms with Crippen LogP contribution in [0.1, 0.15) is 28.9 Å². The number of hydrogen-bond acceptors (Lipinski definition) is 5. The second kappa shape index (κ2) is 9.22. The first kappa shape index (κ1) is 22.6. The van der Waals surface area contributed by atoms with Crippen LogP contribution in [-0.4, -0.2) is 51.8 Å². The topological polar surface area (TPSA) is 63.1 Å². The van der Waals surface area contributed by atoms with Gasteiger partial charge in [-0.15, -0.1) is 36.2 Å². The molecule has 152 valence electrons. The Labute approximate surface area is 181 Å². The molecule has 1 N–H and O–H groups in total. The van der Waals surface area contributed by atoms with Gasteiger partial charge in [0.15, 0.2) is 5.65 Å². The van der Waals surface area contributed by atoms with Gasteiger partial charge >= 0.3 is 0 Å². The highest BCUT2D eigenvalue weighted by atomic mass is 35.5. The molecule has 0 saturated carbocycles. The molecular formula is C19H25Cl2N5OS. The Bertz CT molecular complexity index is 951. The number of nitrogens with one attached hydrogen (secondary N) is 1. The normalized spacial score (nSPS) is 14.4. The number of piperidine rings is 1. The smallest absolute Gasteiger partial charge is 0.254 e. The highest BCUT2D eigenvalue weighted by Gasteiger charge is 2.26. The largest absolute Gasteiger partial charge is 0.339 e. The van der Waals surface area contributed by atoms with E-state index in [1.54, 1.807) is 16.0 Å². The van der Waals surface area contributed by atoms with Crippen molar-refractivity contribution < 1.29 is 4.79 Å². The number of aromatic nitrogens is 3. The summed E-state index contributed by atoms with van der Waals surface area (Å²) >= 11 is 1.63. The first-order valence-corrected chi connectivity index (χ1v) is 9.80. The second-order valence-corrected chi connectivity index (χ2v) is 7.78. The zero-order valence-corrected chi connectivity index (χ0v) is 18.6. The standard InChI is InChI=1S/C19H23N5OS.2ClH/c1-12-17-14(19(25)23(2)13-6-8-20-9-7-13)11-15(16-5-4-10-26-16)21-18(17)24(3)22-12;;/h4-5,10-11,13,20H,6-9H2,1-3H3;2*1H. The van der Waals surface area contributed by atoms with Crippen molar-refractivity contribution >= 4 is 53.1 Å². The van der Waals surface area contributed by atoms with Gasteiger partial charge in [0.25, 0.3) is 5.91 Å². The molecule has 0 atom stereocenters. The average molecular weight is 442 g/mol. The van der Waals surface area contributed by atoms with E-state index in [9.17, 15) is 4.79 Å². The zero-order valence-electron chi connectivity index (χ0n) is 16.1. The average Bonchev–Trinajstić information content (AvgIpc) is 3.29. The Morgan fingerprint density at radius 3 is 2.68 bits per heavy atom. The third-order valence-electron chi connectivity index (χ3n) is 5.15. The molecule has 4 heterocycles. The predicted octanol–water partition coefficient (Wildman–Crippen LogP) is 3.67. The van der Waals surface area contributed by atoms with Crippen molar-refractivity contribution in [2.24, 2.45) is 7.05 Å². The van der Waals surface area contributed by atoms with Crippen molar-refractivity contribution in [2.45, 2.75) is 25.8 Å². The highest BCUT2D eigenvalue weighted by molar-refractivity contribution is 7.13. The van der Waals surface area contributed by atoms with Crippen molar-refractivity contribution in [2.75, 3.05) is 20.1 Å². The minimum atomic E-state index is 0. The van der Waals surface area contributed by atoms with Crippen LogP contribution in [0.25, 0.3) is 21.6 Å². The van der Waals surface area contributed by atoms with Crippen LogP contribution in [0.2, 0.25) is 0 Å². The maximum atomic E-state index is 13.4. The molecule has 3 aromatic rings. The zero-order chi connectivity index (χ0) is 18.3. The van der Waals surface area contributed by atoms with Gasteiger partial charge in [0.2, 0.25) is 0 Å². The van der Waals surface area contributed by atoms with Crippen molar-refractivity contribution in [1.29, 1.82) is 0 Å². The number of fused-ring (bicyclic) bond motifs is 1. The minimum absolute atomic E-state index is 0. The third-order valence-corrected chi connectivity index (χ3v) is 6.04. The lowest BCUT2D eigenvalue weighted by Gasteiger charge is -2.32. The van der Waals surface area contributed by atoms with E-state index >= 15 is 0 Å². The maximum absolute atomic E-state index is 13.4. The van der Waals surface area contributed by atoms with Gasteiger partial charge in [0.05, 0.1) is 27.2 Å². The number of amides is 1. The van der Waals surface area contributed by atoms with Crippen LogP contribution < -0.4 is 5.32 Å². The van der Waals surface area contributed by atoms with Gasteiger partial charge in [-0.1, -0.05) is 6.07 Å². The maximum Gasteiger partial charge on any atom is 0.254 e. The van der Waals surface area contributed by atoms with Crippen LogP contribution in [-0.2, 0) is 7.05 Å². The van der Waals surface area contributed by atoms with E-state index in [0.29, 0.717) is 5.56 Å². The first-order valence-electron chi connectivity index (χ1n) is 8.92. The number of nitrogens with zero attached hydrogens (tertiary/aromatic N) is 4. The fraction of sp³-hybridized carbons (Fsp3) is 0.421. The van der Waals surface area contributed by atoms with Gasteiger partial charge in [-0.05, 0) is 50.4 Å². The third kappa shape index (κ3) is 4.03. The van der Waals surface area contributed by atoms with E-state index in [1.165, 1.54) is 0 Å². The summed E-state index contributed by atoms with van der Waals surface area (Å²) in [6.07, 6.45) is 1.97. The molecule has 0 radical (unpaired) electrons. The molecule has 4 rings (SSSR count). The fourth-order valence-electron chi connectivity index (χ4n) is 3.71. The number of carbonyl (C=O) groups excluding carboxylic acids is 1. The SMILES string of the molecule is Cc1nn(C)c2nc(-c3cccs3)cc(C(=O)N(C)C3CCNCC3)c12.Cl.Cl. The second-order valence-electron chi connectivity index (χ2n) is 6.84. The summed E-state index contributed by atoms with van der Waals surface area (Å²) < 4.78 is 1.77. The van der Waals surface area contributed by atoms with Crippen molar-refractivity contribution in [3.05, 3.63) is 34.8 Å². The Balaban J connectivity index is 0.00000140. The Morgan fingerprint density at radius 1 is 1.32 bits per heavy atom. The van der Waals surface area contributed by atoms with Crippen LogP contribution >= 0.6 is 36.2 Å². The number of carbonyl (C=O) groups is 1. The molecule has 0 aromatic carbocycles. The molecule has 6 nitrogen and oxygen atoms in total. The van der Waals surface area contributed by atoms with Gasteiger partial charge < -0.3 is 10.2 Å². The molecule has 9 heteroatoms. The summed E-state index contributed by atoms with van der Waals surface area (Å²) in [4.78, 5) is 21.1. The monoisotopic (exact) mass is 441 g/mol. The summed E-state index contributed by atoms with van der Waals surface area (Å²) in [6, 6.07) is 6.24. The molecule has 28 heavy (non-hydrogen) atoms. The van der Waals surface area contributed by atoms with Crippen molar-refractivity contribution in [3.63, 3.8) is 0 Å². The minimum Gasteiger partial charge on any atom is -0.339 e. The van der Waals surface area contributed by atoms with Gasteiger partial charge in [0, 0.05) is 20.1 Å². The molecule has 1 aliphatic heterocycles. The van der Waals surface area contributed by atoms with Crippen LogP contribution in [0.5, 0.6) is 0 Å². The Hall–Kier alpha value is -1.67. The lowest BCUT2D eigenvalue weighted by Crippen LogP contribution is -2.44. The van der Waals surface area contributed by atoms with Gasteiger partial charge in [-0.2, -0.15) is 5.10 Å². The fourth-order valence-corrected chi connectivity index (χ4v) is 4.40. The van der Waals surface area contributed by atoms with Gasteiger partial charge in [0.1, 0.15) is 0 Å². The van der Waals surface area contributed by atoms with Gasteiger partial charge in [-0.25, -0.2) is 4.98 Å². The number of halogens is 2. The molecule has 0 bridgehead atoms. The lowest BCUT2D eigenvalue weighted by atomic mass is 10.0. The van der Waals surface area contributed by atoms with Crippen molar-refractivity contribution in [3.8, 4) is 10.6 Å². The van der Waals surface area contributed by atoms with Crippen molar-refractivity contribution in [1.82, 2.24) is 25.0 Å². The molecule has 0 spiro atoms. The number of aryl methyl sites for hydroxylation is 2. The van der Waals surface area contributed by atoms with E-state index in [1.807, 2.05) is 49.5 Å². The van der Waals surface area contributed by atoms with Crippen LogP contribution in [0.4, 0.5) is 0 Å². The quantitative estimate of drug-likeness (QED) is 0.673. The number of thiophene rings is 1. The molecule has 1 saturated heterocycles. The van der Waals surface area contributed by atoms with E-state index in [4.69, 9.17) is 4.98 Å². The molecule has 0 unspecified atom stereocenters. The highest BCUT2D eigenvalue weighted by Crippen LogP contribution is 2.30. The molecule has 0 aliphatic carbocycles. The summed E-state index contributed by atoms with van der Waals surface area (Å²) in [5.41, 5.74) is 3.13. The van der Waals surface area contributed by atoms with Crippen LogP contribution in [0.15, 0.2) is 23.6 Å². The molecule has 1 aliphatic rings. The summed E-state index contributed by atoms with van der Waals surface area (Å²) in [5.74, 6) is 0.0539. The summed E-state index contributed by atoms with van der Waals surface area (Å²) in [7, 11) is 3.80. The Morgan fingerprint density at radius 2 is 2.04 bits per heavy atom. The summed E-state index contributed by atoms with van der Waals surface area (Å²) in [6.45, 7) is 3.86. The molecule has 1 fully saturated rings. The van der Waals surface area contributed by atoms with E-state index < -0.39 is 0 Å². The summed E-state index contributed by atoms with van der Waals surface area (Å²) in [5, 5.41) is 10.7. The van der Waals surface area contributed by atoms with Crippen LogP contribution in [0.3, 0.4) is 0 Å². The van der Waals surface area contributed by atoms with E-state index in [-0.39, 0.29) is 36.8 Å². The number of rotatable bonds is 3. The van der Waals surface area contributed by atoms with Crippen LogP contribution in [0, 0.1) is 6.92 Å². The lowest BCUT2D eigenvalue weighted by molar-refractivity contribution is 0.0705. The number of pyridine rings is 1. The first-order chi connectivity index (χ1) is 12.6. The predicted molar refractivity (Wildman–Crippen MR) is 119 cm³/mol. The van der Waals surface area contributed by atoms with Gasteiger partial charge in [-0.3, -0.25) is 9.48 Å².